The standard InChI is InChI=1S/C15H34O7Si2/c1-9-11-12(10-20-24(7,8)19-4)21-15(2,18-3)14(13(11)16)22-23(5,6)17/h11-14,16-17H,9-10H2,1-8H3/t11-,12?,13?,14?,15-/m1/s1. The van der Waals surface area contributed by atoms with Crippen molar-refractivity contribution in [1.29, 1.82) is 0 Å². The summed E-state index contributed by atoms with van der Waals surface area (Å²) in [6, 6.07) is 0. The molecule has 3 unspecified atom stereocenters. The van der Waals surface area contributed by atoms with Crippen LogP contribution < -0.4 is 0 Å². The van der Waals surface area contributed by atoms with Crippen LogP contribution in [0.15, 0.2) is 0 Å². The summed E-state index contributed by atoms with van der Waals surface area (Å²) >= 11 is 0. The maximum absolute atomic E-state index is 10.9. The highest BCUT2D eigenvalue weighted by molar-refractivity contribution is 6.64. The van der Waals surface area contributed by atoms with Crippen LogP contribution in [0.4, 0.5) is 0 Å². The molecule has 1 saturated heterocycles. The SMILES string of the molecule is CC[C@@H]1C(CO[Si](C)(C)OC)O[C@@](C)(OC)C(O[Si](C)(C)O)C1O. The van der Waals surface area contributed by atoms with Gasteiger partial charge in [0.2, 0.25) is 0 Å². The molecule has 5 atom stereocenters. The fourth-order valence-electron chi connectivity index (χ4n) is 2.87. The fourth-order valence-corrected chi connectivity index (χ4v) is 4.52. The molecule has 0 saturated carbocycles. The smallest absolute Gasteiger partial charge is 0.331 e. The first-order valence-electron chi connectivity index (χ1n) is 8.39. The molecule has 1 aliphatic rings. The summed E-state index contributed by atoms with van der Waals surface area (Å²) in [5, 5.41) is 10.9. The van der Waals surface area contributed by atoms with Crippen molar-refractivity contribution in [2.45, 2.75) is 70.6 Å². The van der Waals surface area contributed by atoms with Gasteiger partial charge in [-0.05, 0) is 39.5 Å². The van der Waals surface area contributed by atoms with Crippen molar-refractivity contribution in [3.05, 3.63) is 0 Å². The number of aliphatic hydroxyl groups is 1. The molecule has 0 spiro atoms. The Kier molecular flexibility index (Phi) is 7.61. The van der Waals surface area contributed by atoms with Crippen molar-refractivity contribution in [1.82, 2.24) is 0 Å². The molecule has 0 aromatic heterocycles. The van der Waals surface area contributed by atoms with E-state index in [4.69, 9.17) is 22.8 Å². The van der Waals surface area contributed by atoms with Crippen molar-refractivity contribution >= 4 is 17.1 Å². The second kappa shape index (κ2) is 8.23. The Hall–Kier alpha value is 0.154. The lowest BCUT2D eigenvalue weighted by Crippen LogP contribution is -2.65. The molecule has 1 fully saturated rings. The van der Waals surface area contributed by atoms with Crippen molar-refractivity contribution < 1.29 is 32.7 Å². The van der Waals surface area contributed by atoms with Crippen molar-refractivity contribution in [3.8, 4) is 0 Å². The van der Waals surface area contributed by atoms with Gasteiger partial charge in [-0.25, -0.2) is 0 Å². The first-order chi connectivity index (χ1) is 10.9. The molecular formula is C15H34O7Si2. The Balaban J connectivity index is 2.99. The van der Waals surface area contributed by atoms with Gasteiger partial charge < -0.3 is 32.7 Å². The van der Waals surface area contributed by atoms with Gasteiger partial charge in [0.25, 0.3) is 0 Å². The van der Waals surface area contributed by atoms with E-state index < -0.39 is 35.1 Å². The summed E-state index contributed by atoms with van der Waals surface area (Å²) in [5.41, 5.74) is 0. The molecule has 1 rings (SSSR count). The van der Waals surface area contributed by atoms with E-state index in [9.17, 15) is 9.90 Å². The van der Waals surface area contributed by atoms with E-state index in [1.54, 1.807) is 27.1 Å². The summed E-state index contributed by atoms with van der Waals surface area (Å²) < 4.78 is 28.8. The summed E-state index contributed by atoms with van der Waals surface area (Å²) in [4.78, 5) is 10.1. The molecule has 9 heteroatoms. The van der Waals surface area contributed by atoms with E-state index in [2.05, 4.69) is 0 Å². The van der Waals surface area contributed by atoms with E-state index in [0.717, 1.165) is 0 Å². The molecule has 2 N–H and O–H groups in total. The maximum atomic E-state index is 10.9. The Morgan fingerprint density at radius 3 is 2.17 bits per heavy atom. The van der Waals surface area contributed by atoms with Crippen LogP contribution in [0.2, 0.25) is 26.2 Å². The number of rotatable bonds is 8. The quantitative estimate of drug-likeness (QED) is 0.616. The highest BCUT2D eigenvalue weighted by Crippen LogP contribution is 2.38. The zero-order valence-corrected chi connectivity index (χ0v) is 18.2. The maximum Gasteiger partial charge on any atom is 0.331 e. The molecular weight excluding hydrogens is 348 g/mol. The van der Waals surface area contributed by atoms with Gasteiger partial charge in [-0.2, -0.15) is 0 Å². The zero-order chi connectivity index (χ0) is 18.8. The monoisotopic (exact) mass is 382 g/mol. The molecule has 24 heavy (non-hydrogen) atoms. The third-order valence-corrected chi connectivity index (χ3v) is 7.18. The largest absolute Gasteiger partial charge is 0.411 e. The first-order valence-corrected chi connectivity index (χ1v) is 14.1. The average molecular weight is 383 g/mol. The fraction of sp³-hybridized carbons (Fsp3) is 1.00. The molecule has 0 bridgehead atoms. The lowest BCUT2D eigenvalue weighted by molar-refractivity contribution is -0.339. The number of methoxy groups -OCH3 is 1. The normalized spacial score (nSPS) is 35.2. The van der Waals surface area contributed by atoms with Gasteiger partial charge in [0.15, 0.2) is 5.79 Å². The number of ether oxygens (including phenoxy) is 2. The third-order valence-electron chi connectivity index (χ3n) is 4.51. The van der Waals surface area contributed by atoms with E-state index in [1.807, 2.05) is 20.0 Å². The summed E-state index contributed by atoms with van der Waals surface area (Å²) in [6.45, 7) is 11.2. The van der Waals surface area contributed by atoms with Crippen LogP contribution in [0, 0.1) is 5.92 Å². The second-order valence-corrected chi connectivity index (χ2v) is 14.0. The molecule has 7 nitrogen and oxygen atoms in total. The van der Waals surface area contributed by atoms with Crippen LogP contribution in [0.1, 0.15) is 20.3 Å². The molecule has 0 radical (unpaired) electrons. The lowest BCUT2D eigenvalue weighted by atomic mass is 9.84. The van der Waals surface area contributed by atoms with Crippen LogP contribution in [0.25, 0.3) is 0 Å². The Morgan fingerprint density at radius 2 is 1.75 bits per heavy atom. The number of hydrogen-bond donors (Lipinski definition) is 2. The van der Waals surface area contributed by atoms with Crippen LogP contribution in [0.5, 0.6) is 0 Å². The number of hydrogen-bond acceptors (Lipinski definition) is 7. The molecule has 0 amide bonds. The van der Waals surface area contributed by atoms with Gasteiger partial charge in [0, 0.05) is 20.1 Å². The van der Waals surface area contributed by atoms with Crippen LogP contribution >= 0.6 is 0 Å². The van der Waals surface area contributed by atoms with E-state index in [-0.39, 0.29) is 12.0 Å². The van der Waals surface area contributed by atoms with Gasteiger partial charge in [0.1, 0.15) is 6.10 Å². The van der Waals surface area contributed by atoms with Crippen LogP contribution in [-0.4, -0.2) is 71.9 Å². The van der Waals surface area contributed by atoms with Gasteiger partial charge >= 0.3 is 17.1 Å². The highest BCUT2D eigenvalue weighted by atomic mass is 28.4. The van der Waals surface area contributed by atoms with Gasteiger partial charge in [-0.3, -0.25) is 0 Å². The van der Waals surface area contributed by atoms with Gasteiger partial charge in [0.05, 0.1) is 18.8 Å². The summed E-state index contributed by atoms with van der Waals surface area (Å²) in [5.74, 6) is -1.35. The first kappa shape index (κ1) is 22.2. The van der Waals surface area contributed by atoms with E-state index in [1.165, 1.54) is 7.11 Å². The predicted molar refractivity (Wildman–Crippen MR) is 95.1 cm³/mol. The lowest BCUT2D eigenvalue weighted by Gasteiger charge is -2.51. The zero-order valence-electron chi connectivity index (χ0n) is 16.2. The Morgan fingerprint density at radius 1 is 1.17 bits per heavy atom. The highest BCUT2D eigenvalue weighted by Gasteiger charge is 2.54. The third kappa shape index (κ3) is 5.58. The van der Waals surface area contributed by atoms with E-state index >= 15 is 0 Å². The predicted octanol–water partition coefficient (Wildman–Crippen LogP) is 1.58. The molecule has 144 valence electrons. The minimum atomic E-state index is -2.87. The molecule has 0 aromatic rings. The van der Waals surface area contributed by atoms with Crippen molar-refractivity contribution in [3.63, 3.8) is 0 Å². The average Bonchev–Trinajstić information content (AvgIpc) is 2.48. The van der Waals surface area contributed by atoms with Crippen molar-refractivity contribution in [2.24, 2.45) is 5.92 Å². The topological polar surface area (TPSA) is 86.6 Å². The molecule has 1 heterocycles. The molecule has 0 aliphatic carbocycles. The number of aliphatic hydroxyl groups excluding tert-OH is 1. The van der Waals surface area contributed by atoms with Gasteiger partial charge in [-0.1, -0.05) is 6.92 Å². The Labute approximate surface area is 147 Å². The van der Waals surface area contributed by atoms with Crippen molar-refractivity contribution in [2.75, 3.05) is 20.8 Å². The minimum Gasteiger partial charge on any atom is -0.411 e. The molecule has 0 aromatic carbocycles. The van der Waals surface area contributed by atoms with Gasteiger partial charge in [-0.15, -0.1) is 0 Å². The summed E-state index contributed by atoms with van der Waals surface area (Å²) in [6.07, 6.45) is -1.24. The Bertz CT molecular complexity index is 402. The minimum absolute atomic E-state index is 0.184. The van der Waals surface area contributed by atoms with E-state index in [0.29, 0.717) is 13.0 Å². The summed E-state index contributed by atoms with van der Waals surface area (Å²) in [7, 11) is -1.94. The second-order valence-electron chi connectivity index (χ2n) is 7.34. The molecule has 1 aliphatic heterocycles. The van der Waals surface area contributed by atoms with Crippen LogP contribution in [0.3, 0.4) is 0 Å². The van der Waals surface area contributed by atoms with Crippen LogP contribution in [-0.2, 0) is 22.8 Å².